The van der Waals surface area contributed by atoms with E-state index in [4.69, 9.17) is 4.74 Å². The molecule has 0 atom stereocenters. The molecule has 1 saturated heterocycles. The minimum absolute atomic E-state index is 0.0993. The summed E-state index contributed by atoms with van der Waals surface area (Å²) in [5, 5.41) is 2.52. The first kappa shape index (κ1) is 23.8. The number of carbonyl (C=O) groups excluding carboxylic acids is 2. The predicted molar refractivity (Wildman–Crippen MR) is 115 cm³/mol. The molecule has 172 valence electrons. The van der Waals surface area contributed by atoms with Crippen LogP contribution in [0.25, 0.3) is 0 Å². The molecule has 1 amide bonds. The number of pyridine rings is 1. The van der Waals surface area contributed by atoms with Crippen LogP contribution in [0, 0.1) is 5.92 Å². The Morgan fingerprint density at radius 1 is 1.06 bits per heavy atom. The molecular formula is C20H23N3O7S2. The highest BCUT2D eigenvalue weighted by Crippen LogP contribution is 2.24. The number of sulfonamides is 1. The van der Waals surface area contributed by atoms with Crippen LogP contribution in [0.15, 0.2) is 58.6 Å². The van der Waals surface area contributed by atoms with Crippen molar-refractivity contribution in [3.63, 3.8) is 0 Å². The summed E-state index contributed by atoms with van der Waals surface area (Å²) in [6.45, 7) is -0.174. The second-order valence-corrected chi connectivity index (χ2v) is 11.3. The van der Waals surface area contributed by atoms with Gasteiger partial charge in [-0.1, -0.05) is 0 Å². The van der Waals surface area contributed by atoms with Crippen molar-refractivity contribution in [1.82, 2.24) is 9.29 Å². The average Bonchev–Trinajstić information content (AvgIpc) is 2.78. The maximum absolute atomic E-state index is 12.6. The second kappa shape index (κ2) is 9.76. The topological polar surface area (TPSA) is 140 Å². The van der Waals surface area contributed by atoms with E-state index in [1.54, 1.807) is 6.07 Å². The molecule has 32 heavy (non-hydrogen) atoms. The largest absolute Gasteiger partial charge is 0.455 e. The highest BCUT2D eigenvalue weighted by atomic mass is 32.2. The van der Waals surface area contributed by atoms with Gasteiger partial charge in [0.15, 0.2) is 16.4 Å². The molecule has 0 saturated carbocycles. The van der Waals surface area contributed by atoms with Crippen molar-refractivity contribution in [2.24, 2.45) is 5.92 Å². The normalized spacial score (nSPS) is 15.8. The number of amides is 1. The minimum Gasteiger partial charge on any atom is -0.455 e. The molecule has 10 nitrogen and oxygen atoms in total. The van der Waals surface area contributed by atoms with E-state index < -0.39 is 44.3 Å². The van der Waals surface area contributed by atoms with Crippen LogP contribution < -0.4 is 5.32 Å². The Labute approximate surface area is 186 Å². The van der Waals surface area contributed by atoms with Crippen molar-refractivity contribution < 1.29 is 31.2 Å². The summed E-state index contributed by atoms with van der Waals surface area (Å²) in [5.41, 5.74) is 0.368. The third-order valence-corrected chi connectivity index (χ3v) is 7.98. The number of esters is 1. The molecule has 1 aliphatic heterocycles. The van der Waals surface area contributed by atoms with E-state index >= 15 is 0 Å². The van der Waals surface area contributed by atoms with E-state index in [2.05, 4.69) is 10.3 Å². The lowest BCUT2D eigenvalue weighted by Gasteiger charge is -2.29. The summed E-state index contributed by atoms with van der Waals surface area (Å²) in [5.74, 6) is -1.63. The van der Waals surface area contributed by atoms with Crippen molar-refractivity contribution in [2.75, 3.05) is 31.3 Å². The van der Waals surface area contributed by atoms with Gasteiger partial charge in [0.2, 0.25) is 10.0 Å². The van der Waals surface area contributed by atoms with E-state index in [-0.39, 0.29) is 35.7 Å². The van der Waals surface area contributed by atoms with E-state index in [1.807, 2.05) is 0 Å². The first-order valence-electron chi connectivity index (χ1n) is 9.74. The fraction of sp³-hybridized carbons (Fsp3) is 0.350. The average molecular weight is 482 g/mol. The molecule has 2 heterocycles. The van der Waals surface area contributed by atoms with Gasteiger partial charge in [0, 0.05) is 37.4 Å². The number of carbonyl (C=O) groups is 2. The zero-order valence-corrected chi connectivity index (χ0v) is 18.9. The summed E-state index contributed by atoms with van der Waals surface area (Å²) in [6.07, 6.45) is 4.42. The minimum atomic E-state index is -3.67. The van der Waals surface area contributed by atoms with Gasteiger partial charge in [0.05, 0.1) is 10.8 Å². The smallest absolute Gasteiger partial charge is 0.309 e. The first-order valence-corrected chi connectivity index (χ1v) is 13.1. The Morgan fingerprint density at radius 2 is 1.72 bits per heavy atom. The quantitative estimate of drug-likeness (QED) is 0.579. The Morgan fingerprint density at radius 3 is 2.28 bits per heavy atom. The maximum atomic E-state index is 12.6. The number of hydrogen-bond donors (Lipinski definition) is 1. The third kappa shape index (κ3) is 5.90. The highest BCUT2D eigenvalue weighted by Gasteiger charge is 2.33. The Hall–Kier alpha value is -2.83. The van der Waals surface area contributed by atoms with E-state index in [0.717, 1.165) is 6.26 Å². The molecule has 0 spiro atoms. The van der Waals surface area contributed by atoms with Crippen LogP contribution >= 0.6 is 0 Å². The highest BCUT2D eigenvalue weighted by molar-refractivity contribution is 7.90. The molecule has 0 bridgehead atoms. The lowest BCUT2D eigenvalue weighted by molar-refractivity contribution is -0.152. The number of benzene rings is 1. The molecule has 12 heteroatoms. The Kier molecular flexibility index (Phi) is 7.26. The SMILES string of the molecule is CS(=O)(=O)c1ccc(NC(=O)COC(=O)C2CCN(S(=O)(=O)c3cccnc3)CC2)cc1. The van der Waals surface area contributed by atoms with Gasteiger partial charge in [-0.05, 0) is 49.2 Å². The number of piperidine rings is 1. The fourth-order valence-corrected chi connectivity index (χ4v) is 5.28. The van der Waals surface area contributed by atoms with Gasteiger partial charge in [-0.25, -0.2) is 16.8 Å². The molecule has 0 unspecified atom stereocenters. The van der Waals surface area contributed by atoms with Crippen molar-refractivity contribution in [1.29, 1.82) is 0 Å². The molecule has 1 aromatic carbocycles. The van der Waals surface area contributed by atoms with Gasteiger partial charge in [-0.3, -0.25) is 14.6 Å². The molecule has 1 aliphatic rings. The van der Waals surface area contributed by atoms with Crippen LogP contribution in [-0.4, -0.2) is 64.0 Å². The van der Waals surface area contributed by atoms with Gasteiger partial charge >= 0.3 is 5.97 Å². The van der Waals surface area contributed by atoms with Crippen molar-refractivity contribution >= 4 is 37.4 Å². The standard InChI is InChI=1S/C20H23N3O7S2/c1-31(26,27)17-6-4-16(5-7-17)22-19(24)14-30-20(25)15-8-11-23(12-9-15)32(28,29)18-3-2-10-21-13-18/h2-7,10,13,15H,8-9,11-12,14H2,1H3,(H,22,24). The fourth-order valence-electron chi connectivity index (χ4n) is 3.22. The number of nitrogens with one attached hydrogen (secondary N) is 1. The molecule has 3 rings (SSSR count). The Bertz CT molecular complexity index is 1170. The maximum Gasteiger partial charge on any atom is 0.309 e. The third-order valence-electron chi connectivity index (χ3n) is 4.97. The number of rotatable bonds is 7. The van der Waals surface area contributed by atoms with Crippen LogP contribution in [0.1, 0.15) is 12.8 Å². The summed E-state index contributed by atoms with van der Waals surface area (Å²) < 4.78 is 54.5. The molecule has 1 aromatic heterocycles. The molecule has 0 radical (unpaired) electrons. The first-order chi connectivity index (χ1) is 15.1. The van der Waals surface area contributed by atoms with Crippen LogP contribution in [0.5, 0.6) is 0 Å². The van der Waals surface area contributed by atoms with Crippen LogP contribution in [-0.2, 0) is 34.2 Å². The van der Waals surface area contributed by atoms with E-state index in [0.29, 0.717) is 5.69 Å². The van der Waals surface area contributed by atoms with Crippen LogP contribution in [0.4, 0.5) is 5.69 Å². The lowest BCUT2D eigenvalue weighted by Crippen LogP contribution is -2.40. The molecule has 1 N–H and O–H groups in total. The molecular weight excluding hydrogens is 458 g/mol. The van der Waals surface area contributed by atoms with Crippen LogP contribution in [0.3, 0.4) is 0 Å². The summed E-state index contributed by atoms with van der Waals surface area (Å²) in [7, 11) is -7.00. The van der Waals surface area contributed by atoms with Gasteiger partial charge in [-0.15, -0.1) is 0 Å². The number of nitrogens with zero attached hydrogens (tertiary/aromatic N) is 2. The zero-order valence-electron chi connectivity index (χ0n) is 17.3. The predicted octanol–water partition coefficient (Wildman–Crippen LogP) is 1.07. The number of ether oxygens (including phenoxy) is 1. The number of aromatic nitrogens is 1. The van der Waals surface area contributed by atoms with Crippen LogP contribution in [0.2, 0.25) is 0 Å². The van der Waals surface area contributed by atoms with Gasteiger partial charge < -0.3 is 10.1 Å². The summed E-state index contributed by atoms with van der Waals surface area (Å²) in [6, 6.07) is 8.62. The number of sulfone groups is 1. The number of hydrogen-bond acceptors (Lipinski definition) is 8. The van der Waals surface area contributed by atoms with Gasteiger partial charge in [0.25, 0.3) is 5.91 Å². The monoisotopic (exact) mass is 481 g/mol. The zero-order chi connectivity index (χ0) is 23.4. The molecule has 2 aromatic rings. The summed E-state index contributed by atoms with van der Waals surface area (Å²) in [4.78, 5) is 28.4. The summed E-state index contributed by atoms with van der Waals surface area (Å²) >= 11 is 0. The lowest BCUT2D eigenvalue weighted by atomic mass is 9.98. The Balaban J connectivity index is 1.46. The van der Waals surface area contributed by atoms with Crippen molar-refractivity contribution in [3.05, 3.63) is 48.8 Å². The van der Waals surface area contributed by atoms with Crippen molar-refractivity contribution in [2.45, 2.75) is 22.6 Å². The molecule has 0 aliphatic carbocycles. The van der Waals surface area contributed by atoms with E-state index in [9.17, 15) is 26.4 Å². The molecule has 1 fully saturated rings. The van der Waals surface area contributed by atoms with Gasteiger partial charge in [0.1, 0.15) is 4.90 Å². The van der Waals surface area contributed by atoms with E-state index in [1.165, 1.54) is 47.0 Å². The van der Waals surface area contributed by atoms with Crippen molar-refractivity contribution in [3.8, 4) is 0 Å². The second-order valence-electron chi connectivity index (χ2n) is 7.32. The van der Waals surface area contributed by atoms with Gasteiger partial charge in [-0.2, -0.15) is 4.31 Å². The number of anilines is 1.